The van der Waals surface area contributed by atoms with Crippen molar-refractivity contribution in [3.63, 3.8) is 0 Å². The second-order valence-electron chi connectivity index (χ2n) is 3.41. The number of rotatable bonds is 3. The van der Waals surface area contributed by atoms with E-state index in [1.807, 2.05) is 0 Å². The highest BCUT2D eigenvalue weighted by Gasteiger charge is 1.99. The number of nitriles is 1. The summed E-state index contributed by atoms with van der Waals surface area (Å²) in [7, 11) is 0. The lowest BCUT2D eigenvalue weighted by atomic mass is 10.2. The van der Waals surface area contributed by atoms with Crippen molar-refractivity contribution in [3.8, 4) is 6.07 Å². The lowest BCUT2D eigenvalue weighted by Gasteiger charge is -2.01. The van der Waals surface area contributed by atoms with Gasteiger partial charge >= 0.3 is 0 Å². The smallest absolute Gasteiger partial charge is 0.123 e. The molecule has 0 aliphatic heterocycles. The summed E-state index contributed by atoms with van der Waals surface area (Å²) in [5.74, 6) is 0.477. The Morgan fingerprint density at radius 3 is 2.71 bits per heavy atom. The third-order valence-corrected chi connectivity index (χ3v) is 3.16. The van der Waals surface area contributed by atoms with E-state index in [1.165, 1.54) is 23.9 Å². The number of nitrogens with zero attached hydrogens (tertiary/aromatic N) is 2. The van der Waals surface area contributed by atoms with Crippen molar-refractivity contribution in [2.24, 2.45) is 0 Å². The highest BCUT2D eigenvalue weighted by molar-refractivity contribution is 7.98. The zero-order valence-corrected chi connectivity index (χ0v) is 9.75. The molecule has 0 bridgehead atoms. The Balaban J connectivity index is 2.02. The molecule has 0 N–H and O–H groups in total. The van der Waals surface area contributed by atoms with Gasteiger partial charge in [-0.1, -0.05) is 12.1 Å². The molecule has 2 rings (SSSR count). The van der Waals surface area contributed by atoms with E-state index in [2.05, 4.69) is 11.1 Å². The van der Waals surface area contributed by atoms with Gasteiger partial charge in [0, 0.05) is 11.9 Å². The van der Waals surface area contributed by atoms with Crippen molar-refractivity contribution in [2.75, 3.05) is 0 Å². The van der Waals surface area contributed by atoms with Crippen LogP contribution in [-0.2, 0) is 5.75 Å². The number of hydrogen-bond donors (Lipinski definition) is 0. The lowest BCUT2D eigenvalue weighted by Crippen LogP contribution is -1.85. The Morgan fingerprint density at radius 1 is 1.24 bits per heavy atom. The van der Waals surface area contributed by atoms with E-state index < -0.39 is 0 Å². The van der Waals surface area contributed by atoms with Crippen LogP contribution >= 0.6 is 11.8 Å². The molecule has 0 saturated carbocycles. The van der Waals surface area contributed by atoms with Gasteiger partial charge in [0.05, 0.1) is 16.7 Å². The molecule has 0 aliphatic carbocycles. The first kappa shape index (κ1) is 11.6. The molecular formula is C13H9FN2S. The molecular weight excluding hydrogens is 235 g/mol. The maximum absolute atomic E-state index is 12.7. The molecule has 0 atom stereocenters. The predicted molar refractivity (Wildman–Crippen MR) is 64.9 cm³/mol. The van der Waals surface area contributed by atoms with Gasteiger partial charge in [0.15, 0.2) is 0 Å². The van der Waals surface area contributed by atoms with Gasteiger partial charge in [-0.15, -0.1) is 11.8 Å². The normalized spacial score (nSPS) is 9.88. The van der Waals surface area contributed by atoms with Crippen LogP contribution in [0.15, 0.2) is 47.6 Å². The van der Waals surface area contributed by atoms with Crippen molar-refractivity contribution in [3.05, 3.63) is 59.5 Å². The highest BCUT2D eigenvalue weighted by Crippen LogP contribution is 2.21. The monoisotopic (exact) mass is 244 g/mol. The van der Waals surface area contributed by atoms with Crippen molar-refractivity contribution in [1.29, 1.82) is 5.26 Å². The van der Waals surface area contributed by atoms with Gasteiger partial charge in [0.1, 0.15) is 5.82 Å². The quantitative estimate of drug-likeness (QED) is 0.776. The lowest BCUT2D eigenvalue weighted by molar-refractivity contribution is 0.627. The minimum absolute atomic E-state index is 0.233. The highest BCUT2D eigenvalue weighted by atomic mass is 32.2. The van der Waals surface area contributed by atoms with E-state index in [4.69, 9.17) is 5.26 Å². The van der Waals surface area contributed by atoms with Crippen LogP contribution in [0.2, 0.25) is 0 Å². The van der Waals surface area contributed by atoms with Crippen LogP contribution in [0.25, 0.3) is 0 Å². The maximum Gasteiger partial charge on any atom is 0.123 e. The van der Waals surface area contributed by atoms with Crippen molar-refractivity contribution < 1.29 is 4.39 Å². The van der Waals surface area contributed by atoms with Crippen LogP contribution in [0.1, 0.15) is 11.1 Å². The fraction of sp³-hybridized carbons (Fsp3) is 0.0769. The molecule has 0 fully saturated rings. The summed E-state index contributed by atoms with van der Waals surface area (Å²) in [5.41, 5.74) is 1.63. The molecule has 84 valence electrons. The third-order valence-electron chi connectivity index (χ3n) is 2.16. The fourth-order valence-electron chi connectivity index (χ4n) is 1.30. The predicted octanol–water partition coefficient (Wildman–Crippen LogP) is 3.38. The summed E-state index contributed by atoms with van der Waals surface area (Å²) in [4.78, 5) is 4.16. The molecule has 0 saturated heterocycles. The van der Waals surface area contributed by atoms with Crippen LogP contribution < -0.4 is 0 Å². The molecule has 0 unspecified atom stereocenters. The van der Waals surface area contributed by atoms with E-state index in [1.54, 1.807) is 30.5 Å². The molecule has 17 heavy (non-hydrogen) atoms. The second-order valence-corrected chi connectivity index (χ2v) is 4.41. The SMILES string of the molecule is N#Cc1ccnc(SCc2ccc(F)cc2)c1. The van der Waals surface area contributed by atoms with Gasteiger partial charge < -0.3 is 0 Å². The van der Waals surface area contributed by atoms with Gasteiger partial charge in [-0.05, 0) is 29.8 Å². The number of pyridine rings is 1. The summed E-state index contributed by atoms with van der Waals surface area (Å²) < 4.78 is 12.7. The third kappa shape index (κ3) is 3.30. The largest absolute Gasteiger partial charge is 0.250 e. The first-order valence-corrected chi connectivity index (χ1v) is 6.00. The summed E-state index contributed by atoms with van der Waals surface area (Å²) in [6.45, 7) is 0. The molecule has 4 heteroatoms. The van der Waals surface area contributed by atoms with Gasteiger partial charge in [-0.25, -0.2) is 9.37 Å². The first-order chi connectivity index (χ1) is 8.28. The van der Waals surface area contributed by atoms with E-state index in [-0.39, 0.29) is 5.82 Å². The van der Waals surface area contributed by atoms with Crippen molar-refractivity contribution in [2.45, 2.75) is 10.8 Å². The van der Waals surface area contributed by atoms with E-state index in [9.17, 15) is 4.39 Å². The van der Waals surface area contributed by atoms with Crippen LogP contribution in [0, 0.1) is 17.1 Å². The Bertz CT molecular complexity index is 546. The Kier molecular flexibility index (Phi) is 3.73. The zero-order valence-electron chi connectivity index (χ0n) is 8.93. The van der Waals surface area contributed by atoms with Gasteiger partial charge in [-0.2, -0.15) is 5.26 Å². The number of aromatic nitrogens is 1. The molecule has 1 aromatic carbocycles. The second kappa shape index (κ2) is 5.46. The summed E-state index contributed by atoms with van der Waals surface area (Å²) in [5, 5.41) is 9.55. The average Bonchev–Trinajstić information content (AvgIpc) is 2.38. The van der Waals surface area contributed by atoms with Crippen molar-refractivity contribution >= 4 is 11.8 Å². The number of thioether (sulfide) groups is 1. The average molecular weight is 244 g/mol. The standard InChI is InChI=1S/C13H9FN2S/c14-12-3-1-10(2-4-12)9-17-13-7-11(8-15)5-6-16-13/h1-7H,9H2. The van der Waals surface area contributed by atoms with Gasteiger partial charge in [0.25, 0.3) is 0 Å². The molecule has 0 spiro atoms. The first-order valence-electron chi connectivity index (χ1n) is 5.01. The summed E-state index contributed by atoms with van der Waals surface area (Å²) in [6, 6.07) is 11.9. The van der Waals surface area contributed by atoms with Crippen LogP contribution in [-0.4, -0.2) is 4.98 Å². The molecule has 2 aromatic rings. The Hall–Kier alpha value is -1.86. The topological polar surface area (TPSA) is 36.7 Å². The fourth-order valence-corrected chi connectivity index (χ4v) is 2.15. The maximum atomic E-state index is 12.7. The van der Waals surface area contributed by atoms with Crippen molar-refractivity contribution in [1.82, 2.24) is 4.98 Å². The Labute approximate surface area is 103 Å². The summed E-state index contributed by atoms with van der Waals surface area (Å²) in [6.07, 6.45) is 1.62. The van der Waals surface area contributed by atoms with Crippen LogP contribution in [0.4, 0.5) is 4.39 Å². The number of halogens is 1. The van der Waals surface area contributed by atoms with Gasteiger partial charge in [-0.3, -0.25) is 0 Å². The minimum Gasteiger partial charge on any atom is -0.250 e. The molecule has 0 amide bonds. The molecule has 0 aliphatic rings. The van der Waals surface area contributed by atoms with E-state index in [0.29, 0.717) is 11.3 Å². The molecule has 2 nitrogen and oxygen atoms in total. The Morgan fingerprint density at radius 2 is 2.00 bits per heavy atom. The molecule has 0 radical (unpaired) electrons. The number of hydrogen-bond acceptors (Lipinski definition) is 3. The van der Waals surface area contributed by atoms with Crippen LogP contribution in [0.3, 0.4) is 0 Å². The molecule has 1 heterocycles. The van der Waals surface area contributed by atoms with E-state index in [0.717, 1.165) is 10.6 Å². The van der Waals surface area contributed by atoms with E-state index >= 15 is 0 Å². The zero-order chi connectivity index (χ0) is 12.1. The van der Waals surface area contributed by atoms with Gasteiger partial charge in [0.2, 0.25) is 0 Å². The van der Waals surface area contributed by atoms with Crippen LogP contribution in [0.5, 0.6) is 0 Å². The number of benzene rings is 1. The molecule has 1 aromatic heterocycles. The summed E-state index contributed by atoms with van der Waals surface area (Å²) >= 11 is 1.52. The minimum atomic E-state index is -0.233.